The monoisotopic (exact) mass is 191 g/mol. The van der Waals surface area contributed by atoms with Gasteiger partial charge in [0.15, 0.2) is 5.69 Å². The van der Waals surface area contributed by atoms with Gasteiger partial charge in [-0.05, 0) is 24.3 Å². The molecule has 1 aromatic carbocycles. The van der Waals surface area contributed by atoms with Crippen LogP contribution >= 0.6 is 0 Å². The second kappa shape index (κ2) is 3.37. The van der Waals surface area contributed by atoms with Crippen LogP contribution in [0.15, 0.2) is 24.3 Å². The molecular formula is C9H9N3O2. The van der Waals surface area contributed by atoms with Crippen LogP contribution in [0.25, 0.3) is 11.3 Å². The maximum Gasteiger partial charge on any atom is 0.235 e. The summed E-state index contributed by atoms with van der Waals surface area (Å²) in [7, 11) is 1.60. The number of rotatable bonds is 2. The van der Waals surface area contributed by atoms with Gasteiger partial charge in [0, 0.05) is 5.56 Å². The molecule has 2 N–H and O–H groups in total. The highest BCUT2D eigenvalue weighted by molar-refractivity contribution is 5.63. The normalized spacial score (nSPS) is 10.1. The summed E-state index contributed by atoms with van der Waals surface area (Å²) < 4.78 is 5.01. The molecule has 5 heteroatoms. The Morgan fingerprint density at radius 2 is 2.00 bits per heavy atom. The third kappa shape index (κ3) is 1.39. The van der Waals surface area contributed by atoms with Crippen molar-refractivity contribution in [1.29, 1.82) is 0 Å². The number of benzene rings is 1. The average Bonchev–Trinajstić information content (AvgIpc) is 2.65. The van der Waals surface area contributed by atoms with E-state index in [2.05, 4.69) is 15.4 Å². The molecule has 72 valence electrons. The summed E-state index contributed by atoms with van der Waals surface area (Å²) in [4.78, 5) is 0. The number of aromatic hydroxyl groups is 1. The maximum atomic E-state index is 9.32. The van der Waals surface area contributed by atoms with E-state index < -0.39 is 0 Å². The molecule has 2 aromatic rings. The standard InChI is InChI=1S/C9H9N3O2/c1-14-7-4-2-6(3-5-7)8-9(13)11-12-10-8/h2-5H,1H3,(H2,10,11,12,13). The molecule has 1 aromatic heterocycles. The van der Waals surface area contributed by atoms with E-state index in [1.165, 1.54) is 0 Å². The molecule has 0 aliphatic carbocycles. The third-order valence-electron chi connectivity index (χ3n) is 1.89. The van der Waals surface area contributed by atoms with Crippen molar-refractivity contribution in [1.82, 2.24) is 15.4 Å². The lowest BCUT2D eigenvalue weighted by Gasteiger charge is -2.00. The highest BCUT2D eigenvalue weighted by Gasteiger charge is 2.07. The fourth-order valence-electron chi connectivity index (χ4n) is 1.17. The molecule has 0 radical (unpaired) electrons. The third-order valence-corrected chi connectivity index (χ3v) is 1.89. The number of nitrogens with one attached hydrogen (secondary N) is 1. The lowest BCUT2D eigenvalue weighted by molar-refractivity contribution is 0.415. The van der Waals surface area contributed by atoms with Crippen molar-refractivity contribution in [3.05, 3.63) is 24.3 Å². The first-order valence-corrected chi connectivity index (χ1v) is 4.05. The van der Waals surface area contributed by atoms with Crippen molar-refractivity contribution < 1.29 is 9.84 Å². The first-order valence-electron chi connectivity index (χ1n) is 4.05. The van der Waals surface area contributed by atoms with Crippen molar-refractivity contribution in [2.75, 3.05) is 7.11 Å². The largest absolute Gasteiger partial charge is 0.497 e. The quantitative estimate of drug-likeness (QED) is 0.747. The van der Waals surface area contributed by atoms with Gasteiger partial charge >= 0.3 is 0 Å². The maximum absolute atomic E-state index is 9.32. The van der Waals surface area contributed by atoms with Gasteiger partial charge in [-0.1, -0.05) is 5.21 Å². The van der Waals surface area contributed by atoms with E-state index in [0.29, 0.717) is 5.69 Å². The van der Waals surface area contributed by atoms with Gasteiger partial charge in [0.2, 0.25) is 5.88 Å². The molecular weight excluding hydrogens is 182 g/mol. The van der Waals surface area contributed by atoms with E-state index in [1.807, 2.05) is 0 Å². The number of H-pyrrole nitrogens is 1. The van der Waals surface area contributed by atoms with Crippen molar-refractivity contribution in [3.8, 4) is 22.9 Å². The van der Waals surface area contributed by atoms with Crippen molar-refractivity contribution in [2.24, 2.45) is 0 Å². The van der Waals surface area contributed by atoms with E-state index in [4.69, 9.17) is 4.74 Å². The van der Waals surface area contributed by atoms with Crippen LogP contribution in [0.5, 0.6) is 11.6 Å². The van der Waals surface area contributed by atoms with Crippen molar-refractivity contribution in [2.45, 2.75) is 0 Å². The summed E-state index contributed by atoms with van der Waals surface area (Å²) >= 11 is 0. The van der Waals surface area contributed by atoms with Crippen LogP contribution < -0.4 is 4.74 Å². The Morgan fingerprint density at radius 3 is 2.50 bits per heavy atom. The van der Waals surface area contributed by atoms with Crippen LogP contribution in [-0.4, -0.2) is 27.6 Å². The highest BCUT2D eigenvalue weighted by Crippen LogP contribution is 2.25. The zero-order chi connectivity index (χ0) is 9.97. The predicted molar refractivity (Wildman–Crippen MR) is 50.0 cm³/mol. The van der Waals surface area contributed by atoms with Crippen LogP contribution in [0.4, 0.5) is 0 Å². The van der Waals surface area contributed by atoms with Gasteiger partial charge in [0.1, 0.15) is 5.75 Å². The van der Waals surface area contributed by atoms with Gasteiger partial charge in [0.05, 0.1) is 7.11 Å². The summed E-state index contributed by atoms with van der Waals surface area (Å²) in [5.74, 6) is 0.729. The number of hydrogen-bond acceptors (Lipinski definition) is 4. The molecule has 0 saturated heterocycles. The van der Waals surface area contributed by atoms with E-state index in [1.54, 1.807) is 31.4 Å². The Kier molecular flexibility index (Phi) is 2.06. The topological polar surface area (TPSA) is 71.0 Å². The molecule has 0 amide bonds. The summed E-state index contributed by atoms with van der Waals surface area (Å²) in [5, 5.41) is 18.9. The molecule has 0 spiro atoms. The summed E-state index contributed by atoms with van der Waals surface area (Å²) in [6.07, 6.45) is 0. The van der Waals surface area contributed by atoms with Crippen LogP contribution in [0, 0.1) is 0 Å². The molecule has 0 unspecified atom stereocenters. The molecule has 14 heavy (non-hydrogen) atoms. The summed E-state index contributed by atoms with van der Waals surface area (Å²) in [5.41, 5.74) is 1.23. The van der Waals surface area contributed by atoms with E-state index in [-0.39, 0.29) is 5.88 Å². The SMILES string of the molecule is COc1ccc(-c2nn[nH]c2O)cc1. The number of aromatic nitrogens is 3. The van der Waals surface area contributed by atoms with Gasteiger partial charge in [0.25, 0.3) is 0 Å². The highest BCUT2D eigenvalue weighted by atomic mass is 16.5. The first-order chi connectivity index (χ1) is 6.81. The smallest absolute Gasteiger partial charge is 0.235 e. The summed E-state index contributed by atoms with van der Waals surface area (Å²) in [6, 6.07) is 7.19. The average molecular weight is 191 g/mol. The van der Waals surface area contributed by atoms with Crippen molar-refractivity contribution in [3.63, 3.8) is 0 Å². The Labute approximate surface area is 80.3 Å². The first kappa shape index (κ1) is 8.55. The number of hydrogen-bond donors (Lipinski definition) is 2. The fraction of sp³-hybridized carbons (Fsp3) is 0.111. The van der Waals surface area contributed by atoms with Gasteiger partial charge in [-0.15, -0.1) is 5.10 Å². The van der Waals surface area contributed by atoms with Crippen LogP contribution in [0.1, 0.15) is 0 Å². The van der Waals surface area contributed by atoms with Gasteiger partial charge in [-0.25, -0.2) is 5.10 Å². The molecule has 2 rings (SSSR count). The van der Waals surface area contributed by atoms with Crippen molar-refractivity contribution >= 4 is 0 Å². The van der Waals surface area contributed by atoms with Crippen LogP contribution in [-0.2, 0) is 0 Å². The Morgan fingerprint density at radius 1 is 1.29 bits per heavy atom. The Hall–Kier alpha value is -2.04. The lowest BCUT2D eigenvalue weighted by Crippen LogP contribution is -1.83. The molecule has 1 heterocycles. The predicted octanol–water partition coefficient (Wildman–Crippen LogP) is 1.19. The van der Waals surface area contributed by atoms with Gasteiger partial charge in [-0.2, -0.15) is 0 Å². The zero-order valence-electron chi connectivity index (χ0n) is 7.56. The van der Waals surface area contributed by atoms with E-state index in [9.17, 15) is 5.11 Å². The number of methoxy groups -OCH3 is 1. The fourth-order valence-corrected chi connectivity index (χ4v) is 1.17. The van der Waals surface area contributed by atoms with E-state index >= 15 is 0 Å². The molecule has 0 bridgehead atoms. The second-order valence-corrected chi connectivity index (χ2v) is 2.74. The molecule has 0 aliphatic heterocycles. The molecule has 0 atom stereocenters. The Balaban J connectivity index is 2.39. The number of nitrogens with zero attached hydrogens (tertiary/aromatic N) is 2. The minimum Gasteiger partial charge on any atom is -0.497 e. The van der Waals surface area contributed by atoms with Gasteiger partial charge < -0.3 is 9.84 Å². The minimum atomic E-state index is -0.0323. The Bertz CT molecular complexity index is 422. The molecule has 0 saturated carbocycles. The minimum absolute atomic E-state index is 0.0323. The molecule has 0 aliphatic rings. The second-order valence-electron chi connectivity index (χ2n) is 2.74. The van der Waals surface area contributed by atoms with Crippen LogP contribution in [0.2, 0.25) is 0 Å². The molecule has 5 nitrogen and oxygen atoms in total. The van der Waals surface area contributed by atoms with Gasteiger partial charge in [-0.3, -0.25) is 0 Å². The summed E-state index contributed by atoms with van der Waals surface area (Å²) in [6.45, 7) is 0. The zero-order valence-corrected chi connectivity index (χ0v) is 7.56. The van der Waals surface area contributed by atoms with Crippen LogP contribution in [0.3, 0.4) is 0 Å². The van der Waals surface area contributed by atoms with E-state index in [0.717, 1.165) is 11.3 Å². The lowest BCUT2D eigenvalue weighted by atomic mass is 10.1. The number of ether oxygens (including phenoxy) is 1. The number of aromatic amines is 1. The molecule has 0 fully saturated rings.